The van der Waals surface area contributed by atoms with Gasteiger partial charge in [0.2, 0.25) is 0 Å². The normalized spacial score (nSPS) is 13.2. The molecule has 0 spiro atoms. The summed E-state index contributed by atoms with van der Waals surface area (Å²) in [4.78, 5) is 2.31. The number of rotatable bonds is 5. The van der Waals surface area contributed by atoms with E-state index in [0.717, 1.165) is 60.9 Å². The van der Waals surface area contributed by atoms with Gasteiger partial charge in [-0.3, -0.25) is 0 Å². The molecule has 2 heterocycles. The van der Waals surface area contributed by atoms with E-state index in [1.807, 2.05) is 12.1 Å². The molecule has 8 aromatic carbocycles. The van der Waals surface area contributed by atoms with E-state index in [-0.39, 0.29) is 5.41 Å². The molecule has 11 rings (SSSR count). The first-order valence-electron chi connectivity index (χ1n) is 18.2. The minimum Gasteiger partial charge on any atom is -0.456 e. The van der Waals surface area contributed by atoms with Crippen molar-refractivity contribution in [1.82, 2.24) is 0 Å². The molecule has 250 valence electrons. The van der Waals surface area contributed by atoms with Crippen LogP contribution in [-0.2, 0) is 5.41 Å². The van der Waals surface area contributed by atoms with Gasteiger partial charge in [-0.25, -0.2) is 0 Å². The molecule has 1 aliphatic rings. The minimum absolute atomic E-state index is 0.288. The molecule has 0 bridgehead atoms. The Hall–Kier alpha value is -6.84. The summed E-state index contributed by atoms with van der Waals surface area (Å²) < 4.78 is 13.0. The Labute approximate surface area is 307 Å². The van der Waals surface area contributed by atoms with E-state index in [4.69, 9.17) is 8.83 Å². The van der Waals surface area contributed by atoms with Crippen LogP contribution in [0.15, 0.2) is 191 Å². The van der Waals surface area contributed by atoms with E-state index in [9.17, 15) is 0 Å². The molecule has 3 heteroatoms. The molecule has 10 aromatic rings. The lowest BCUT2D eigenvalue weighted by atomic mass is 9.74. The van der Waals surface area contributed by atoms with Crippen LogP contribution in [0, 0.1) is 0 Å². The van der Waals surface area contributed by atoms with Gasteiger partial charge < -0.3 is 13.7 Å². The molecular weight excluding hydrogens is 647 g/mol. The number of anilines is 3. The molecule has 0 saturated heterocycles. The Morgan fingerprint density at radius 3 is 1.68 bits per heavy atom. The first-order valence-corrected chi connectivity index (χ1v) is 18.2. The Bertz CT molecular complexity index is 2980. The van der Waals surface area contributed by atoms with Crippen LogP contribution in [0.5, 0.6) is 0 Å². The third kappa shape index (κ3) is 4.47. The highest BCUT2D eigenvalue weighted by Gasteiger charge is 2.40. The lowest BCUT2D eigenvalue weighted by Crippen LogP contribution is -2.22. The van der Waals surface area contributed by atoms with Gasteiger partial charge in [0, 0.05) is 50.1 Å². The van der Waals surface area contributed by atoms with Crippen molar-refractivity contribution in [2.75, 3.05) is 4.90 Å². The molecule has 0 N–H and O–H groups in total. The van der Waals surface area contributed by atoms with E-state index >= 15 is 0 Å². The highest BCUT2D eigenvalue weighted by molar-refractivity contribution is 6.08. The van der Waals surface area contributed by atoms with E-state index < -0.39 is 0 Å². The molecule has 3 nitrogen and oxygen atoms in total. The number of hydrogen-bond donors (Lipinski definition) is 0. The molecule has 53 heavy (non-hydrogen) atoms. The molecule has 2 aromatic heterocycles. The monoisotopic (exact) mass is 679 g/mol. The summed E-state index contributed by atoms with van der Waals surface area (Å²) in [7, 11) is 0. The number of fused-ring (bicyclic) bond motifs is 9. The highest BCUT2D eigenvalue weighted by Crippen LogP contribution is 2.53. The van der Waals surface area contributed by atoms with Gasteiger partial charge in [-0.05, 0) is 100 Å². The fraction of sp³-hybridized carbons (Fsp3) is 0.0400. The summed E-state index contributed by atoms with van der Waals surface area (Å²) in [6.45, 7) is 2.35. The van der Waals surface area contributed by atoms with Crippen molar-refractivity contribution in [3.05, 3.63) is 199 Å². The summed E-state index contributed by atoms with van der Waals surface area (Å²) in [5, 5.41) is 4.41. The van der Waals surface area contributed by atoms with Crippen LogP contribution in [0.2, 0.25) is 0 Å². The Morgan fingerprint density at radius 1 is 0.377 bits per heavy atom. The quantitative estimate of drug-likeness (QED) is 0.181. The standard InChI is InChI=1S/C50H33NO2/c1-50(44-16-8-5-13-38(44)39-14-6-9-17-45(39)50)34-21-26-42-43-30-36(25-28-47(43)53-48(42)29-34)51(35-22-19-33(20-23-35)32-11-3-2-4-12-32)37-24-27-41-40-15-7-10-18-46(40)52-49(41)31-37/h2-31H,1H3. The lowest BCUT2D eigenvalue weighted by Gasteiger charge is -2.28. The molecule has 0 saturated carbocycles. The van der Waals surface area contributed by atoms with Crippen LogP contribution in [0.3, 0.4) is 0 Å². The first-order chi connectivity index (χ1) is 26.1. The average molecular weight is 680 g/mol. The van der Waals surface area contributed by atoms with Gasteiger partial charge in [0.15, 0.2) is 0 Å². The number of furan rings is 2. The minimum atomic E-state index is -0.288. The highest BCUT2D eigenvalue weighted by atomic mass is 16.3. The summed E-state index contributed by atoms with van der Waals surface area (Å²) >= 11 is 0. The fourth-order valence-electron chi connectivity index (χ4n) is 8.71. The van der Waals surface area contributed by atoms with Crippen molar-refractivity contribution in [2.45, 2.75) is 12.3 Å². The maximum atomic E-state index is 6.64. The molecule has 0 radical (unpaired) electrons. The second-order valence-corrected chi connectivity index (χ2v) is 14.2. The average Bonchev–Trinajstić information content (AvgIpc) is 3.86. The van der Waals surface area contributed by atoms with Crippen molar-refractivity contribution in [3.63, 3.8) is 0 Å². The van der Waals surface area contributed by atoms with E-state index in [2.05, 4.69) is 182 Å². The molecule has 0 amide bonds. The zero-order chi connectivity index (χ0) is 35.1. The van der Waals surface area contributed by atoms with Crippen molar-refractivity contribution in [1.29, 1.82) is 0 Å². The third-order valence-electron chi connectivity index (χ3n) is 11.4. The van der Waals surface area contributed by atoms with Crippen LogP contribution in [0.25, 0.3) is 66.1 Å². The molecule has 0 fully saturated rings. The number of hydrogen-bond acceptors (Lipinski definition) is 3. The molecule has 1 aliphatic carbocycles. The van der Waals surface area contributed by atoms with Gasteiger partial charge in [0.05, 0.1) is 0 Å². The lowest BCUT2D eigenvalue weighted by molar-refractivity contribution is 0.662. The Morgan fingerprint density at radius 2 is 0.906 bits per heavy atom. The zero-order valence-electron chi connectivity index (χ0n) is 29.1. The van der Waals surface area contributed by atoms with Crippen molar-refractivity contribution >= 4 is 60.9 Å². The van der Waals surface area contributed by atoms with Gasteiger partial charge in [0.25, 0.3) is 0 Å². The molecule has 0 atom stereocenters. The van der Waals surface area contributed by atoms with Gasteiger partial charge in [-0.2, -0.15) is 0 Å². The Kier molecular flexibility index (Phi) is 6.38. The van der Waals surface area contributed by atoms with Crippen LogP contribution >= 0.6 is 0 Å². The SMILES string of the molecule is CC1(c2ccc3c(c2)oc2ccc(N(c4ccc(-c5ccccc5)cc4)c4ccc5c(c4)oc4ccccc45)cc23)c2ccccc2-c2ccccc21. The van der Waals surface area contributed by atoms with Gasteiger partial charge in [0.1, 0.15) is 22.3 Å². The van der Waals surface area contributed by atoms with Crippen LogP contribution in [-0.4, -0.2) is 0 Å². The van der Waals surface area contributed by atoms with E-state index in [1.54, 1.807) is 0 Å². The predicted octanol–water partition coefficient (Wildman–Crippen LogP) is 14.0. The third-order valence-corrected chi connectivity index (χ3v) is 11.4. The summed E-state index contributed by atoms with van der Waals surface area (Å²) in [5.74, 6) is 0. The van der Waals surface area contributed by atoms with E-state index in [1.165, 1.54) is 38.9 Å². The van der Waals surface area contributed by atoms with Crippen molar-refractivity contribution < 1.29 is 8.83 Å². The fourth-order valence-corrected chi connectivity index (χ4v) is 8.71. The largest absolute Gasteiger partial charge is 0.456 e. The van der Waals surface area contributed by atoms with Crippen LogP contribution in [0.4, 0.5) is 17.1 Å². The van der Waals surface area contributed by atoms with Gasteiger partial charge in [-0.1, -0.05) is 121 Å². The van der Waals surface area contributed by atoms with Crippen molar-refractivity contribution in [3.8, 4) is 22.3 Å². The van der Waals surface area contributed by atoms with Gasteiger partial charge >= 0.3 is 0 Å². The van der Waals surface area contributed by atoms with Crippen LogP contribution in [0.1, 0.15) is 23.6 Å². The van der Waals surface area contributed by atoms with Crippen LogP contribution < -0.4 is 4.90 Å². The number of para-hydroxylation sites is 1. The molecular formula is C50H33NO2. The maximum absolute atomic E-state index is 6.64. The second kappa shape index (κ2) is 11.3. The number of benzene rings is 8. The topological polar surface area (TPSA) is 29.5 Å². The predicted molar refractivity (Wildman–Crippen MR) is 219 cm³/mol. The number of nitrogens with zero attached hydrogens (tertiary/aromatic N) is 1. The molecule has 0 unspecified atom stereocenters. The Balaban J connectivity index is 1.06. The summed E-state index contributed by atoms with van der Waals surface area (Å²) in [5.41, 5.74) is 15.2. The maximum Gasteiger partial charge on any atom is 0.137 e. The summed E-state index contributed by atoms with van der Waals surface area (Å²) in [6.07, 6.45) is 0. The van der Waals surface area contributed by atoms with Gasteiger partial charge in [-0.15, -0.1) is 0 Å². The van der Waals surface area contributed by atoms with Crippen molar-refractivity contribution in [2.24, 2.45) is 0 Å². The first kappa shape index (κ1) is 29.8. The second-order valence-electron chi connectivity index (χ2n) is 14.2. The van der Waals surface area contributed by atoms with E-state index in [0.29, 0.717) is 0 Å². The smallest absolute Gasteiger partial charge is 0.137 e. The summed E-state index contributed by atoms with van der Waals surface area (Å²) in [6, 6.07) is 65.0. The molecule has 0 aliphatic heterocycles. The zero-order valence-corrected chi connectivity index (χ0v) is 29.1.